The van der Waals surface area contributed by atoms with Crippen LogP contribution in [0.3, 0.4) is 0 Å². The molecule has 94 valence electrons. The zero-order chi connectivity index (χ0) is 12.3. The third-order valence-electron chi connectivity index (χ3n) is 3.32. The van der Waals surface area contributed by atoms with Gasteiger partial charge in [-0.2, -0.15) is 0 Å². The number of rotatable bonds is 4. The Morgan fingerprint density at radius 2 is 2.29 bits per heavy atom. The first-order chi connectivity index (χ1) is 8.15. The molecule has 2 N–H and O–H groups in total. The second-order valence-electron chi connectivity index (χ2n) is 4.88. The second-order valence-corrected chi connectivity index (χ2v) is 5.80. The van der Waals surface area contributed by atoms with Gasteiger partial charge in [-0.15, -0.1) is 0 Å². The highest BCUT2D eigenvalue weighted by atomic mass is 79.9. The lowest BCUT2D eigenvalue weighted by atomic mass is 9.99. The fourth-order valence-electron chi connectivity index (χ4n) is 2.38. The fourth-order valence-corrected chi connectivity index (χ4v) is 3.01. The SMILES string of the molecule is Cc1cc(Br)cc(C(N)CCC2CCCO2)c1. The van der Waals surface area contributed by atoms with E-state index in [4.69, 9.17) is 10.5 Å². The maximum absolute atomic E-state index is 6.23. The lowest BCUT2D eigenvalue weighted by Gasteiger charge is -2.16. The molecule has 1 aromatic rings. The number of ether oxygens (including phenoxy) is 1. The van der Waals surface area contributed by atoms with Crippen LogP contribution in [0.25, 0.3) is 0 Å². The first-order valence-electron chi connectivity index (χ1n) is 6.29. The van der Waals surface area contributed by atoms with Crippen LogP contribution in [0.1, 0.15) is 42.9 Å². The van der Waals surface area contributed by atoms with E-state index in [2.05, 4.69) is 41.1 Å². The van der Waals surface area contributed by atoms with Crippen LogP contribution in [0.15, 0.2) is 22.7 Å². The van der Waals surface area contributed by atoms with Gasteiger partial charge in [-0.05, 0) is 55.9 Å². The van der Waals surface area contributed by atoms with Crippen molar-refractivity contribution in [3.8, 4) is 0 Å². The van der Waals surface area contributed by atoms with Gasteiger partial charge in [-0.3, -0.25) is 0 Å². The smallest absolute Gasteiger partial charge is 0.0576 e. The zero-order valence-corrected chi connectivity index (χ0v) is 11.9. The van der Waals surface area contributed by atoms with Gasteiger partial charge in [0.1, 0.15) is 0 Å². The largest absolute Gasteiger partial charge is 0.378 e. The normalized spacial score (nSPS) is 21.7. The first-order valence-corrected chi connectivity index (χ1v) is 7.09. The van der Waals surface area contributed by atoms with Crippen molar-refractivity contribution >= 4 is 15.9 Å². The highest BCUT2D eigenvalue weighted by Crippen LogP contribution is 2.25. The van der Waals surface area contributed by atoms with E-state index in [9.17, 15) is 0 Å². The van der Waals surface area contributed by atoms with E-state index in [1.165, 1.54) is 24.0 Å². The van der Waals surface area contributed by atoms with Crippen molar-refractivity contribution in [2.24, 2.45) is 5.73 Å². The predicted octanol–water partition coefficient (Wildman–Crippen LogP) is 3.72. The summed E-state index contributed by atoms with van der Waals surface area (Å²) in [5.41, 5.74) is 8.70. The van der Waals surface area contributed by atoms with Crippen LogP contribution in [0, 0.1) is 6.92 Å². The molecular weight excluding hydrogens is 278 g/mol. The molecule has 1 aromatic carbocycles. The molecule has 3 heteroatoms. The van der Waals surface area contributed by atoms with Gasteiger partial charge >= 0.3 is 0 Å². The summed E-state index contributed by atoms with van der Waals surface area (Å²) in [7, 11) is 0. The van der Waals surface area contributed by atoms with Gasteiger partial charge in [0.2, 0.25) is 0 Å². The van der Waals surface area contributed by atoms with Crippen molar-refractivity contribution in [3.63, 3.8) is 0 Å². The van der Waals surface area contributed by atoms with Crippen LogP contribution in [0.2, 0.25) is 0 Å². The molecule has 0 saturated carbocycles. The van der Waals surface area contributed by atoms with Gasteiger partial charge in [0.05, 0.1) is 6.10 Å². The van der Waals surface area contributed by atoms with E-state index < -0.39 is 0 Å². The second kappa shape index (κ2) is 5.98. The Bertz CT molecular complexity index is 354. The third kappa shape index (κ3) is 3.80. The summed E-state index contributed by atoms with van der Waals surface area (Å²) in [6.07, 6.45) is 4.92. The Morgan fingerprint density at radius 1 is 1.47 bits per heavy atom. The van der Waals surface area contributed by atoms with E-state index in [1.807, 2.05) is 0 Å². The van der Waals surface area contributed by atoms with Gasteiger partial charge in [-0.1, -0.05) is 22.0 Å². The summed E-state index contributed by atoms with van der Waals surface area (Å²) < 4.78 is 6.73. The molecule has 1 aliphatic heterocycles. The fraction of sp³-hybridized carbons (Fsp3) is 0.571. The van der Waals surface area contributed by atoms with E-state index in [0.717, 1.165) is 23.9 Å². The van der Waals surface area contributed by atoms with Crippen LogP contribution in [0.5, 0.6) is 0 Å². The van der Waals surface area contributed by atoms with E-state index in [0.29, 0.717) is 6.10 Å². The zero-order valence-electron chi connectivity index (χ0n) is 10.3. The summed E-state index contributed by atoms with van der Waals surface area (Å²) in [6, 6.07) is 6.52. The Labute approximate surface area is 112 Å². The van der Waals surface area contributed by atoms with Crippen molar-refractivity contribution in [2.75, 3.05) is 6.61 Å². The van der Waals surface area contributed by atoms with Crippen molar-refractivity contribution in [2.45, 2.75) is 44.8 Å². The Hall–Kier alpha value is -0.380. The standard InChI is InChI=1S/C14H20BrNO/c1-10-7-11(9-12(15)8-10)14(16)5-4-13-3-2-6-17-13/h7-9,13-14H,2-6,16H2,1H3. The summed E-state index contributed by atoms with van der Waals surface area (Å²) in [5.74, 6) is 0. The average molecular weight is 298 g/mol. The van der Waals surface area contributed by atoms with Gasteiger partial charge in [0, 0.05) is 17.1 Å². The molecule has 0 aliphatic carbocycles. The lowest BCUT2D eigenvalue weighted by Crippen LogP contribution is -2.14. The third-order valence-corrected chi connectivity index (χ3v) is 3.77. The van der Waals surface area contributed by atoms with Gasteiger partial charge < -0.3 is 10.5 Å². The number of benzene rings is 1. The molecule has 1 heterocycles. The Kier molecular flexibility index (Phi) is 4.60. The molecule has 2 rings (SSSR count). The topological polar surface area (TPSA) is 35.2 Å². The molecule has 1 aliphatic rings. The van der Waals surface area contributed by atoms with Crippen molar-refractivity contribution in [3.05, 3.63) is 33.8 Å². The number of halogens is 1. The molecule has 2 atom stereocenters. The summed E-state index contributed by atoms with van der Waals surface area (Å²) in [4.78, 5) is 0. The van der Waals surface area contributed by atoms with Crippen molar-refractivity contribution in [1.29, 1.82) is 0 Å². The Morgan fingerprint density at radius 3 is 2.94 bits per heavy atom. The molecule has 2 nitrogen and oxygen atoms in total. The number of hydrogen-bond acceptors (Lipinski definition) is 2. The molecule has 0 bridgehead atoms. The van der Waals surface area contributed by atoms with E-state index >= 15 is 0 Å². The molecule has 1 saturated heterocycles. The molecular formula is C14H20BrNO. The molecule has 0 aromatic heterocycles. The molecule has 2 unspecified atom stereocenters. The highest BCUT2D eigenvalue weighted by Gasteiger charge is 2.17. The molecule has 0 radical (unpaired) electrons. The number of aryl methyl sites for hydroxylation is 1. The summed E-state index contributed by atoms with van der Waals surface area (Å²) in [6.45, 7) is 3.02. The van der Waals surface area contributed by atoms with Gasteiger partial charge in [-0.25, -0.2) is 0 Å². The van der Waals surface area contributed by atoms with Gasteiger partial charge in [0.25, 0.3) is 0 Å². The monoisotopic (exact) mass is 297 g/mol. The minimum Gasteiger partial charge on any atom is -0.378 e. The summed E-state index contributed by atoms with van der Waals surface area (Å²) in [5, 5.41) is 0. The molecule has 0 amide bonds. The van der Waals surface area contributed by atoms with E-state index in [1.54, 1.807) is 0 Å². The predicted molar refractivity (Wildman–Crippen MR) is 74.0 cm³/mol. The quantitative estimate of drug-likeness (QED) is 0.919. The molecule has 0 spiro atoms. The summed E-state index contributed by atoms with van der Waals surface area (Å²) >= 11 is 3.52. The first kappa shape index (κ1) is 13.1. The van der Waals surface area contributed by atoms with Crippen LogP contribution in [0.4, 0.5) is 0 Å². The number of hydrogen-bond donors (Lipinski definition) is 1. The average Bonchev–Trinajstić information content (AvgIpc) is 2.77. The van der Waals surface area contributed by atoms with Crippen molar-refractivity contribution in [1.82, 2.24) is 0 Å². The molecule has 17 heavy (non-hydrogen) atoms. The van der Waals surface area contributed by atoms with Crippen LogP contribution >= 0.6 is 15.9 Å². The number of nitrogens with two attached hydrogens (primary N) is 1. The van der Waals surface area contributed by atoms with Crippen LogP contribution in [-0.2, 0) is 4.74 Å². The molecule has 1 fully saturated rings. The van der Waals surface area contributed by atoms with Gasteiger partial charge in [0.15, 0.2) is 0 Å². The minimum absolute atomic E-state index is 0.121. The lowest BCUT2D eigenvalue weighted by molar-refractivity contribution is 0.101. The van der Waals surface area contributed by atoms with Crippen LogP contribution in [-0.4, -0.2) is 12.7 Å². The van der Waals surface area contributed by atoms with Crippen molar-refractivity contribution < 1.29 is 4.74 Å². The van der Waals surface area contributed by atoms with E-state index in [-0.39, 0.29) is 6.04 Å². The van der Waals surface area contributed by atoms with Crippen LogP contribution < -0.4 is 5.73 Å². The Balaban J connectivity index is 1.91. The minimum atomic E-state index is 0.121. The highest BCUT2D eigenvalue weighted by molar-refractivity contribution is 9.10. The maximum Gasteiger partial charge on any atom is 0.0576 e. The maximum atomic E-state index is 6.23.